The number of rotatable bonds is 8. The minimum atomic E-state index is -0.199. The Kier molecular flexibility index (Phi) is 7.48. The summed E-state index contributed by atoms with van der Waals surface area (Å²) in [6.45, 7) is 3.16. The van der Waals surface area contributed by atoms with Crippen molar-refractivity contribution < 1.29 is 9.59 Å². The van der Waals surface area contributed by atoms with E-state index in [0.717, 1.165) is 24.8 Å². The Morgan fingerprint density at radius 3 is 2.08 bits per heavy atom. The molecule has 25 heavy (non-hydrogen) atoms. The molecule has 0 aliphatic carbocycles. The number of halogens is 1. The molecule has 2 rings (SSSR count). The summed E-state index contributed by atoms with van der Waals surface area (Å²) >= 11 is 6.07. The average Bonchev–Trinajstić information content (AvgIpc) is 2.64. The fourth-order valence-electron chi connectivity index (χ4n) is 2.37. The van der Waals surface area contributed by atoms with Crippen LogP contribution in [0.5, 0.6) is 0 Å². The van der Waals surface area contributed by atoms with Gasteiger partial charge < -0.3 is 10.6 Å². The molecule has 0 heterocycles. The number of hydrogen-bond acceptors (Lipinski definition) is 2. The van der Waals surface area contributed by atoms with Crippen molar-refractivity contribution in [1.82, 2.24) is 10.6 Å². The highest BCUT2D eigenvalue weighted by Crippen LogP contribution is 2.14. The number of carbonyl (C=O) groups is 2. The number of hydrogen-bond donors (Lipinski definition) is 2. The van der Waals surface area contributed by atoms with Gasteiger partial charge in [-0.15, -0.1) is 0 Å². The fraction of sp³-hybridized carbons (Fsp3) is 0.300. The zero-order chi connectivity index (χ0) is 18.1. The maximum atomic E-state index is 12.2. The molecule has 0 aliphatic heterocycles. The lowest BCUT2D eigenvalue weighted by Gasteiger charge is -2.08. The number of benzene rings is 2. The molecule has 0 fully saturated rings. The molecule has 4 nitrogen and oxygen atoms in total. The first-order chi connectivity index (χ1) is 12.1. The first kappa shape index (κ1) is 19.0. The lowest BCUT2D eigenvalue weighted by Crippen LogP contribution is -2.25. The van der Waals surface area contributed by atoms with Gasteiger partial charge in [0.05, 0.1) is 0 Å². The van der Waals surface area contributed by atoms with Crippen molar-refractivity contribution in [2.75, 3.05) is 6.54 Å². The van der Waals surface area contributed by atoms with Crippen molar-refractivity contribution in [2.45, 2.75) is 32.7 Å². The van der Waals surface area contributed by atoms with Gasteiger partial charge in [0.25, 0.3) is 11.8 Å². The van der Waals surface area contributed by atoms with Crippen molar-refractivity contribution in [3.8, 4) is 0 Å². The summed E-state index contributed by atoms with van der Waals surface area (Å²) in [6, 6.07) is 14.0. The molecule has 2 amide bonds. The van der Waals surface area contributed by atoms with Gasteiger partial charge in [0.2, 0.25) is 0 Å². The maximum Gasteiger partial charge on any atom is 0.251 e. The van der Waals surface area contributed by atoms with Crippen LogP contribution in [0.4, 0.5) is 0 Å². The number of carbonyl (C=O) groups excluding carboxylic acids is 2. The summed E-state index contributed by atoms with van der Waals surface area (Å²) in [7, 11) is 0. The molecule has 0 unspecified atom stereocenters. The second-order valence-corrected chi connectivity index (χ2v) is 6.22. The Labute approximate surface area is 153 Å². The van der Waals surface area contributed by atoms with E-state index in [1.165, 1.54) is 0 Å². The summed E-state index contributed by atoms with van der Waals surface area (Å²) in [6.07, 6.45) is 3.20. The molecule has 132 valence electrons. The van der Waals surface area contributed by atoms with Gasteiger partial charge in [0.1, 0.15) is 0 Å². The highest BCUT2D eigenvalue weighted by Gasteiger charge is 2.09. The van der Waals surface area contributed by atoms with Gasteiger partial charge in [-0.1, -0.05) is 49.6 Å². The smallest absolute Gasteiger partial charge is 0.251 e. The Morgan fingerprint density at radius 2 is 1.48 bits per heavy atom. The summed E-state index contributed by atoms with van der Waals surface area (Å²) in [5.41, 5.74) is 1.93. The van der Waals surface area contributed by atoms with Crippen molar-refractivity contribution in [3.05, 3.63) is 70.2 Å². The lowest BCUT2D eigenvalue weighted by atomic mass is 10.1. The normalized spacial score (nSPS) is 10.3. The Bertz CT molecular complexity index is 714. The maximum absolute atomic E-state index is 12.2. The van der Waals surface area contributed by atoms with E-state index in [0.29, 0.717) is 29.2 Å². The molecule has 0 spiro atoms. The molecule has 0 saturated heterocycles. The van der Waals surface area contributed by atoms with Crippen LogP contribution in [0.15, 0.2) is 48.5 Å². The standard InChI is InChI=1S/C20H23ClN2O2/c1-2-3-6-13-22-19(24)15-9-11-16(12-10-15)20(25)23-14-17-7-4-5-8-18(17)21/h4-5,7-12H,2-3,6,13-14H2,1H3,(H,22,24)(H,23,25). The van der Waals surface area contributed by atoms with Crippen LogP contribution in [-0.2, 0) is 6.54 Å². The van der Waals surface area contributed by atoms with Crippen molar-refractivity contribution in [2.24, 2.45) is 0 Å². The summed E-state index contributed by atoms with van der Waals surface area (Å²) < 4.78 is 0. The van der Waals surface area contributed by atoms with E-state index in [1.54, 1.807) is 30.3 Å². The molecule has 2 aromatic rings. The molecule has 0 saturated carbocycles. The molecular weight excluding hydrogens is 336 g/mol. The molecular formula is C20H23ClN2O2. The third kappa shape index (κ3) is 5.91. The number of unbranched alkanes of at least 4 members (excludes halogenated alkanes) is 2. The molecule has 0 bridgehead atoms. The van der Waals surface area contributed by atoms with Gasteiger partial charge in [-0.2, -0.15) is 0 Å². The molecule has 2 aromatic carbocycles. The zero-order valence-corrected chi connectivity index (χ0v) is 15.1. The molecule has 0 aromatic heterocycles. The first-order valence-corrected chi connectivity index (χ1v) is 8.89. The molecule has 2 N–H and O–H groups in total. The van der Waals surface area contributed by atoms with Crippen LogP contribution in [0, 0.1) is 0 Å². The summed E-state index contributed by atoms with van der Waals surface area (Å²) in [4.78, 5) is 24.2. The predicted molar refractivity (Wildman–Crippen MR) is 101 cm³/mol. The van der Waals surface area contributed by atoms with Crippen LogP contribution in [0.3, 0.4) is 0 Å². The molecule has 5 heteroatoms. The SMILES string of the molecule is CCCCCNC(=O)c1ccc(C(=O)NCc2ccccc2Cl)cc1. The van der Waals surface area contributed by atoms with Crippen LogP contribution in [0.1, 0.15) is 52.5 Å². The van der Waals surface area contributed by atoms with Gasteiger partial charge in [-0.25, -0.2) is 0 Å². The zero-order valence-electron chi connectivity index (χ0n) is 14.3. The Hall–Kier alpha value is -2.33. The van der Waals surface area contributed by atoms with Crippen molar-refractivity contribution in [3.63, 3.8) is 0 Å². The van der Waals surface area contributed by atoms with Crippen LogP contribution >= 0.6 is 11.6 Å². The van der Waals surface area contributed by atoms with E-state index < -0.39 is 0 Å². The van der Waals surface area contributed by atoms with E-state index in [9.17, 15) is 9.59 Å². The monoisotopic (exact) mass is 358 g/mol. The Morgan fingerprint density at radius 1 is 0.880 bits per heavy atom. The van der Waals surface area contributed by atoms with Crippen LogP contribution in [0.25, 0.3) is 0 Å². The predicted octanol–water partition coefficient (Wildman–Crippen LogP) is 4.19. The van der Waals surface area contributed by atoms with Gasteiger partial charge in [0.15, 0.2) is 0 Å². The summed E-state index contributed by atoms with van der Waals surface area (Å²) in [5.74, 6) is -0.311. The lowest BCUT2D eigenvalue weighted by molar-refractivity contribution is 0.0940. The third-order valence-electron chi connectivity index (χ3n) is 3.87. The van der Waals surface area contributed by atoms with Gasteiger partial charge in [0, 0.05) is 29.2 Å². The number of amides is 2. The summed E-state index contributed by atoms with van der Waals surface area (Å²) in [5, 5.41) is 6.33. The topological polar surface area (TPSA) is 58.2 Å². The molecule has 0 aliphatic rings. The second-order valence-electron chi connectivity index (χ2n) is 5.81. The highest BCUT2D eigenvalue weighted by atomic mass is 35.5. The highest BCUT2D eigenvalue weighted by molar-refractivity contribution is 6.31. The second kappa shape index (κ2) is 9.84. The number of nitrogens with one attached hydrogen (secondary N) is 2. The van der Waals surface area contributed by atoms with Crippen LogP contribution in [-0.4, -0.2) is 18.4 Å². The van der Waals surface area contributed by atoms with Crippen LogP contribution in [0.2, 0.25) is 5.02 Å². The van der Waals surface area contributed by atoms with Crippen LogP contribution < -0.4 is 10.6 Å². The minimum absolute atomic E-state index is 0.112. The molecule has 0 radical (unpaired) electrons. The van der Waals surface area contributed by atoms with Gasteiger partial charge >= 0.3 is 0 Å². The fourth-order valence-corrected chi connectivity index (χ4v) is 2.57. The van der Waals surface area contributed by atoms with Crippen molar-refractivity contribution >= 4 is 23.4 Å². The largest absolute Gasteiger partial charge is 0.352 e. The van der Waals surface area contributed by atoms with Gasteiger partial charge in [-0.3, -0.25) is 9.59 Å². The van der Waals surface area contributed by atoms with E-state index in [-0.39, 0.29) is 11.8 Å². The van der Waals surface area contributed by atoms with Crippen molar-refractivity contribution in [1.29, 1.82) is 0 Å². The van der Waals surface area contributed by atoms with Gasteiger partial charge in [-0.05, 0) is 42.3 Å². The van der Waals surface area contributed by atoms with E-state index >= 15 is 0 Å². The average molecular weight is 359 g/mol. The van der Waals surface area contributed by atoms with E-state index in [1.807, 2.05) is 18.2 Å². The van der Waals surface area contributed by atoms with E-state index in [2.05, 4.69) is 17.6 Å². The quantitative estimate of drug-likeness (QED) is 0.695. The first-order valence-electron chi connectivity index (χ1n) is 8.51. The third-order valence-corrected chi connectivity index (χ3v) is 4.24. The molecule has 0 atom stereocenters. The Balaban J connectivity index is 1.87. The minimum Gasteiger partial charge on any atom is -0.352 e. The van der Waals surface area contributed by atoms with E-state index in [4.69, 9.17) is 11.6 Å².